The van der Waals surface area contributed by atoms with Gasteiger partial charge in [0.15, 0.2) is 24.8 Å². The molecule has 0 radical (unpaired) electrons. The van der Waals surface area contributed by atoms with Crippen molar-refractivity contribution in [2.45, 2.75) is 13.1 Å². The molecule has 2 aromatic carbocycles. The van der Waals surface area contributed by atoms with E-state index in [0.29, 0.717) is 16.3 Å². The van der Waals surface area contributed by atoms with E-state index < -0.39 is 5.91 Å². The highest BCUT2D eigenvalue weighted by Crippen LogP contribution is 2.36. The number of hydrogen-bond donors (Lipinski definition) is 2. The number of pyridine rings is 2. The summed E-state index contributed by atoms with van der Waals surface area (Å²) in [7, 11) is 0. The number of aromatic nitrogens is 2. The molecule has 0 atom stereocenters. The van der Waals surface area contributed by atoms with Crippen LogP contribution in [0, 0.1) is 0 Å². The summed E-state index contributed by atoms with van der Waals surface area (Å²) in [5.74, 6) is 5.28. The van der Waals surface area contributed by atoms with Gasteiger partial charge in [-0.25, -0.2) is 10.9 Å². The second kappa shape index (κ2) is 8.73. The van der Waals surface area contributed by atoms with Gasteiger partial charge in [-0.05, 0) is 11.5 Å². The molecule has 4 rings (SSSR count). The molecule has 1 amide bonds. The first kappa shape index (κ1) is 20.2. The minimum Gasteiger partial charge on any atom is -0.505 e. The van der Waals surface area contributed by atoms with Crippen molar-refractivity contribution in [3.8, 4) is 5.75 Å². The summed E-state index contributed by atoms with van der Waals surface area (Å²) in [5.41, 5.74) is 0.508. The predicted molar refractivity (Wildman–Crippen MR) is 115 cm³/mol. The quantitative estimate of drug-likeness (QED) is 0.166. The SMILES string of the molecule is NN(C(=O)C[n+]1ccccc1)c1ccc2cccc(C(=O)C[n+]3ccccc3)c2c1O. The van der Waals surface area contributed by atoms with Crippen LogP contribution < -0.4 is 20.0 Å². The molecule has 7 heteroatoms. The fourth-order valence-corrected chi connectivity index (χ4v) is 3.47. The first-order valence-electron chi connectivity index (χ1n) is 9.78. The molecule has 31 heavy (non-hydrogen) atoms. The standard InChI is InChI=1S/C24H21N4O3/c25-28(22(30)17-27-14-5-2-6-15-27)20-11-10-18-8-7-9-19(23(18)24(20)31)21(29)16-26-12-3-1-4-13-26/h1-15H,16-17,25H2/q+1/p+1. The number of nitrogens with two attached hydrogens (primary N) is 1. The fourth-order valence-electron chi connectivity index (χ4n) is 3.47. The van der Waals surface area contributed by atoms with Gasteiger partial charge in [-0.15, -0.1) is 0 Å². The third-order valence-electron chi connectivity index (χ3n) is 5.02. The fraction of sp³-hybridized carbons (Fsp3) is 0.0833. The topological polar surface area (TPSA) is 91.4 Å². The summed E-state index contributed by atoms with van der Waals surface area (Å²) in [5, 5.41) is 13.0. The van der Waals surface area contributed by atoms with E-state index in [2.05, 4.69) is 0 Å². The normalized spacial score (nSPS) is 10.7. The number of anilines is 1. The molecule has 4 aromatic rings. The average molecular weight is 414 g/mol. The maximum Gasteiger partial charge on any atom is 0.307 e. The lowest BCUT2D eigenvalue weighted by Gasteiger charge is -2.18. The van der Waals surface area contributed by atoms with Gasteiger partial charge in [-0.3, -0.25) is 9.59 Å². The molecule has 0 saturated carbocycles. The van der Waals surface area contributed by atoms with E-state index in [1.807, 2.05) is 36.4 Å². The minimum absolute atomic E-state index is 0.0139. The van der Waals surface area contributed by atoms with Crippen molar-refractivity contribution >= 4 is 28.2 Å². The number of hydrazine groups is 1. The summed E-state index contributed by atoms with van der Waals surface area (Å²) >= 11 is 0. The predicted octanol–water partition coefficient (Wildman–Crippen LogP) is 1.91. The van der Waals surface area contributed by atoms with Gasteiger partial charge in [0.2, 0.25) is 18.9 Å². The van der Waals surface area contributed by atoms with Crippen molar-refractivity contribution in [2.75, 3.05) is 5.01 Å². The number of benzene rings is 2. The number of rotatable bonds is 6. The van der Waals surface area contributed by atoms with E-state index in [-0.39, 0.29) is 30.3 Å². The number of ketones is 1. The van der Waals surface area contributed by atoms with Gasteiger partial charge < -0.3 is 5.11 Å². The Morgan fingerprint density at radius 3 is 2.06 bits per heavy atom. The number of carbonyl (C=O) groups excluding carboxylic acids is 2. The van der Waals surface area contributed by atoms with Gasteiger partial charge in [0, 0.05) is 35.2 Å². The van der Waals surface area contributed by atoms with Crippen LogP contribution in [-0.4, -0.2) is 16.8 Å². The Morgan fingerprint density at radius 1 is 0.806 bits per heavy atom. The van der Waals surface area contributed by atoms with E-state index in [0.717, 1.165) is 5.01 Å². The molecular weight excluding hydrogens is 392 g/mol. The number of carbonyl (C=O) groups is 2. The van der Waals surface area contributed by atoms with E-state index in [1.54, 1.807) is 64.3 Å². The highest BCUT2D eigenvalue weighted by atomic mass is 16.3. The number of phenols is 1. The molecule has 0 bridgehead atoms. The second-order valence-electron chi connectivity index (χ2n) is 7.12. The summed E-state index contributed by atoms with van der Waals surface area (Å²) < 4.78 is 3.45. The van der Waals surface area contributed by atoms with Crippen LogP contribution >= 0.6 is 0 Å². The average Bonchev–Trinajstić information content (AvgIpc) is 2.80. The summed E-state index contributed by atoms with van der Waals surface area (Å²) in [6, 6.07) is 19.6. The van der Waals surface area contributed by atoms with Gasteiger partial charge >= 0.3 is 5.91 Å². The molecule has 3 N–H and O–H groups in total. The molecule has 0 saturated heterocycles. The molecule has 0 fully saturated rings. The van der Waals surface area contributed by atoms with Crippen molar-refractivity contribution in [3.05, 3.63) is 97.1 Å². The highest BCUT2D eigenvalue weighted by molar-refractivity contribution is 6.12. The number of fused-ring (bicyclic) bond motifs is 1. The van der Waals surface area contributed by atoms with Crippen molar-refractivity contribution in [1.82, 2.24) is 0 Å². The van der Waals surface area contributed by atoms with Crippen molar-refractivity contribution in [3.63, 3.8) is 0 Å². The van der Waals surface area contributed by atoms with Crippen LogP contribution in [0.3, 0.4) is 0 Å². The number of nitrogens with zero attached hydrogens (tertiary/aromatic N) is 3. The molecule has 2 heterocycles. The van der Waals surface area contributed by atoms with Crippen LogP contribution in [-0.2, 0) is 17.9 Å². The molecule has 7 nitrogen and oxygen atoms in total. The Bertz CT molecular complexity index is 1240. The van der Waals surface area contributed by atoms with E-state index in [9.17, 15) is 14.7 Å². The first-order valence-corrected chi connectivity index (χ1v) is 9.78. The van der Waals surface area contributed by atoms with E-state index >= 15 is 0 Å². The molecule has 2 aromatic heterocycles. The Balaban J connectivity index is 1.68. The van der Waals surface area contributed by atoms with Crippen LogP contribution in [0.1, 0.15) is 10.4 Å². The van der Waals surface area contributed by atoms with E-state index in [4.69, 9.17) is 5.84 Å². The van der Waals surface area contributed by atoms with Gasteiger partial charge in [-0.1, -0.05) is 36.4 Å². The zero-order valence-corrected chi connectivity index (χ0v) is 16.8. The van der Waals surface area contributed by atoms with Gasteiger partial charge in [0.25, 0.3) is 0 Å². The van der Waals surface area contributed by atoms with Gasteiger partial charge in [0.1, 0.15) is 11.4 Å². The number of amides is 1. The molecule has 0 aliphatic rings. The molecule has 0 unspecified atom stereocenters. The molecular formula is C24H22N4O3+2. The number of aromatic hydroxyl groups is 1. The second-order valence-corrected chi connectivity index (χ2v) is 7.12. The van der Waals surface area contributed by atoms with Crippen molar-refractivity contribution in [2.24, 2.45) is 5.84 Å². The Morgan fingerprint density at radius 2 is 1.42 bits per heavy atom. The van der Waals surface area contributed by atoms with Crippen LogP contribution in [0.25, 0.3) is 10.8 Å². The summed E-state index contributed by atoms with van der Waals surface area (Å²) in [6.07, 6.45) is 7.11. The lowest BCUT2D eigenvalue weighted by Crippen LogP contribution is -2.47. The van der Waals surface area contributed by atoms with Crippen molar-refractivity contribution in [1.29, 1.82) is 0 Å². The number of phenolic OH excluding ortho intramolecular Hbond substituents is 1. The zero-order chi connectivity index (χ0) is 21.8. The van der Waals surface area contributed by atoms with Crippen LogP contribution in [0.15, 0.2) is 91.5 Å². The number of Topliss-reactive ketones (excluding diaryl/α,β-unsaturated/α-hetero) is 1. The van der Waals surface area contributed by atoms with Crippen molar-refractivity contribution < 1.29 is 23.8 Å². The third-order valence-corrected chi connectivity index (χ3v) is 5.02. The van der Waals surface area contributed by atoms with Crippen LogP contribution in [0.4, 0.5) is 5.69 Å². The lowest BCUT2D eigenvalue weighted by molar-refractivity contribution is -0.684. The highest BCUT2D eigenvalue weighted by Gasteiger charge is 2.23. The van der Waals surface area contributed by atoms with Crippen LogP contribution in [0.5, 0.6) is 5.75 Å². The first-order chi connectivity index (χ1) is 15.0. The van der Waals surface area contributed by atoms with Crippen LogP contribution in [0.2, 0.25) is 0 Å². The number of hydrogen-bond acceptors (Lipinski definition) is 4. The molecule has 0 aliphatic heterocycles. The third kappa shape index (κ3) is 4.26. The lowest BCUT2D eigenvalue weighted by atomic mass is 9.99. The maximum atomic E-state index is 13.0. The zero-order valence-electron chi connectivity index (χ0n) is 16.8. The Hall–Kier alpha value is -4.10. The molecule has 0 spiro atoms. The maximum absolute atomic E-state index is 13.0. The van der Waals surface area contributed by atoms with Gasteiger partial charge in [0.05, 0.1) is 0 Å². The molecule has 0 aliphatic carbocycles. The summed E-state index contributed by atoms with van der Waals surface area (Å²) in [4.78, 5) is 25.6. The minimum atomic E-state index is -0.408. The van der Waals surface area contributed by atoms with Gasteiger partial charge in [-0.2, -0.15) is 9.13 Å². The molecule has 154 valence electrons. The van der Waals surface area contributed by atoms with E-state index in [1.165, 1.54) is 0 Å². The summed E-state index contributed by atoms with van der Waals surface area (Å²) in [6.45, 7) is 0.138. The smallest absolute Gasteiger partial charge is 0.307 e. The Labute approximate surface area is 179 Å². The monoisotopic (exact) mass is 414 g/mol. The largest absolute Gasteiger partial charge is 0.505 e. The Kier molecular flexibility index (Phi) is 5.68.